The molecule has 10 heteroatoms. The zero-order valence-corrected chi connectivity index (χ0v) is 13.4. The Labute approximate surface area is 132 Å². The molecule has 1 unspecified atom stereocenters. The number of rotatable bonds is 4. The Bertz CT molecular complexity index is 644. The lowest BCUT2D eigenvalue weighted by Gasteiger charge is -2.33. The molecule has 0 amide bonds. The minimum atomic E-state index is -3.81. The van der Waals surface area contributed by atoms with Gasteiger partial charge in [0.1, 0.15) is 24.0 Å². The molecule has 23 heavy (non-hydrogen) atoms. The number of carbonyl (C=O) groups is 2. The average molecular weight is 348 g/mol. The van der Waals surface area contributed by atoms with Gasteiger partial charge in [0.05, 0.1) is 6.26 Å². The van der Waals surface area contributed by atoms with E-state index in [0.29, 0.717) is 0 Å². The maximum Gasteiger partial charge on any atom is 0.315 e. The van der Waals surface area contributed by atoms with Crippen molar-refractivity contribution >= 4 is 22.1 Å². The van der Waals surface area contributed by atoms with E-state index in [-0.39, 0.29) is 0 Å². The van der Waals surface area contributed by atoms with Crippen molar-refractivity contribution in [1.82, 2.24) is 0 Å². The average Bonchev–Trinajstić information content (AvgIpc) is 3.12. The Hall–Kier alpha value is -1.23. The van der Waals surface area contributed by atoms with Crippen LogP contribution in [0, 0.1) is 23.7 Å². The molecule has 128 valence electrons. The second-order valence-electron chi connectivity index (χ2n) is 6.31. The Balaban J connectivity index is 1.82. The van der Waals surface area contributed by atoms with Crippen molar-refractivity contribution in [2.24, 2.45) is 23.7 Å². The SMILES string of the molecule is COC1(OC)[C@@H]2C(=O)O[C@@H]3C(OS(C)(=O)=O)[C@@H]4OC(=O)[C@H]1[C@@H]4[C@@H]32. The van der Waals surface area contributed by atoms with E-state index >= 15 is 0 Å². The fourth-order valence-electron chi connectivity index (χ4n) is 4.87. The van der Waals surface area contributed by atoms with E-state index < -0.39 is 69.8 Å². The van der Waals surface area contributed by atoms with Gasteiger partial charge in [-0.15, -0.1) is 0 Å². The summed E-state index contributed by atoms with van der Waals surface area (Å²) in [4.78, 5) is 24.7. The fourth-order valence-corrected chi connectivity index (χ4v) is 5.49. The van der Waals surface area contributed by atoms with Gasteiger partial charge in [-0.3, -0.25) is 13.8 Å². The molecule has 0 aromatic heterocycles. The lowest BCUT2D eigenvalue weighted by molar-refractivity contribution is -0.250. The summed E-state index contributed by atoms with van der Waals surface area (Å²) in [6, 6.07) is 0. The van der Waals surface area contributed by atoms with Crippen LogP contribution < -0.4 is 0 Å². The number of ether oxygens (including phenoxy) is 4. The summed E-state index contributed by atoms with van der Waals surface area (Å²) >= 11 is 0. The first-order valence-corrected chi connectivity index (χ1v) is 8.96. The Morgan fingerprint density at radius 3 is 1.74 bits per heavy atom. The smallest absolute Gasteiger partial charge is 0.315 e. The van der Waals surface area contributed by atoms with E-state index in [1.807, 2.05) is 0 Å². The van der Waals surface area contributed by atoms with Gasteiger partial charge in [0, 0.05) is 26.1 Å². The minimum absolute atomic E-state index is 0.449. The van der Waals surface area contributed by atoms with Gasteiger partial charge in [0.2, 0.25) is 0 Å². The van der Waals surface area contributed by atoms with E-state index in [4.69, 9.17) is 23.1 Å². The molecule has 0 radical (unpaired) electrons. The standard InChI is InChI=1S/C13H16O9S/c1-18-13(19-2)6-4-5-7(13)12(15)21-9(5)10(22-23(3,16)17)8(4)20-11(6)14/h4-10H,1-3H3/t4-,5+,6+,7-,8+,9-,10?. The van der Waals surface area contributed by atoms with Crippen LogP contribution in [0.4, 0.5) is 0 Å². The summed E-state index contributed by atoms with van der Waals surface area (Å²) in [6.07, 6.45) is -1.74. The summed E-state index contributed by atoms with van der Waals surface area (Å²) in [7, 11) is -1.09. The first kappa shape index (κ1) is 15.3. The Kier molecular flexibility index (Phi) is 2.95. The first-order valence-electron chi connectivity index (χ1n) is 7.14. The molecule has 7 atom stereocenters. The summed E-state index contributed by atoms with van der Waals surface area (Å²) in [5.41, 5.74) is 0. The van der Waals surface area contributed by atoms with Crippen molar-refractivity contribution in [2.45, 2.75) is 24.1 Å². The second-order valence-corrected chi connectivity index (χ2v) is 7.91. The molecule has 0 N–H and O–H groups in total. The normalized spacial score (nSPS) is 46.0. The van der Waals surface area contributed by atoms with Gasteiger partial charge in [0.25, 0.3) is 10.1 Å². The minimum Gasteiger partial charge on any atom is -0.459 e. The lowest BCUT2D eigenvalue weighted by Crippen LogP contribution is -2.49. The molecule has 2 saturated heterocycles. The molecule has 2 aliphatic carbocycles. The van der Waals surface area contributed by atoms with Crippen LogP contribution in [-0.2, 0) is 42.8 Å². The molecule has 4 fully saturated rings. The monoisotopic (exact) mass is 348 g/mol. The second kappa shape index (κ2) is 4.44. The van der Waals surface area contributed by atoms with Crippen LogP contribution in [0.15, 0.2) is 0 Å². The van der Waals surface area contributed by atoms with Crippen molar-refractivity contribution in [2.75, 3.05) is 20.5 Å². The highest BCUT2D eigenvalue weighted by Crippen LogP contribution is 2.65. The highest BCUT2D eigenvalue weighted by Gasteiger charge is 2.82. The predicted molar refractivity (Wildman–Crippen MR) is 70.2 cm³/mol. The van der Waals surface area contributed by atoms with Gasteiger partial charge in [0.15, 0.2) is 11.9 Å². The summed E-state index contributed by atoms with van der Waals surface area (Å²) in [5, 5.41) is 0. The van der Waals surface area contributed by atoms with Gasteiger partial charge >= 0.3 is 11.9 Å². The summed E-state index contributed by atoms with van der Waals surface area (Å²) in [6.45, 7) is 0. The fraction of sp³-hybridized carbons (Fsp3) is 0.846. The van der Waals surface area contributed by atoms with Gasteiger partial charge in [-0.1, -0.05) is 0 Å². The van der Waals surface area contributed by atoms with Crippen molar-refractivity contribution in [3.05, 3.63) is 0 Å². The van der Waals surface area contributed by atoms with Gasteiger partial charge in [-0.25, -0.2) is 0 Å². The van der Waals surface area contributed by atoms with E-state index in [9.17, 15) is 18.0 Å². The number of methoxy groups -OCH3 is 2. The number of hydrogen-bond donors (Lipinski definition) is 0. The number of esters is 2. The van der Waals surface area contributed by atoms with E-state index in [1.54, 1.807) is 0 Å². The summed E-state index contributed by atoms with van der Waals surface area (Å²) in [5.74, 6) is -5.14. The van der Waals surface area contributed by atoms with Crippen LogP contribution in [0.5, 0.6) is 0 Å². The number of carbonyl (C=O) groups excluding carboxylic acids is 2. The third kappa shape index (κ3) is 1.69. The third-order valence-electron chi connectivity index (χ3n) is 5.42. The van der Waals surface area contributed by atoms with Crippen LogP contribution in [0.3, 0.4) is 0 Å². The Morgan fingerprint density at radius 2 is 1.39 bits per heavy atom. The molecule has 4 rings (SSSR count). The van der Waals surface area contributed by atoms with Crippen LogP contribution in [0.25, 0.3) is 0 Å². The topological polar surface area (TPSA) is 114 Å². The van der Waals surface area contributed by atoms with E-state index in [1.165, 1.54) is 14.2 Å². The molecule has 2 heterocycles. The molecule has 2 saturated carbocycles. The maximum absolute atomic E-state index is 12.3. The van der Waals surface area contributed by atoms with Crippen LogP contribution in [0.1, 0.15) is 0 Å². The van der Waals surface area contributed by atoms with E-state index in [2.05, 4.69) is 0 Å². The molecule has 2 aliphatic heterocycles. The molecule has 0 spiro atoms. The molecular weight excluding hydrogens is 332 g/mol. The van der Waals surface area contributed by atoms with Crippen molar-refractivity contribution in [3.8, 4) is 0 Å². The van der Waals surface area contributed by atoms with Gasteiger partial charge < -0.3 is 18.9 Å². The molecule has 0 bridgehead atoms. The van der Waals surface area contributed by atoms with E-state index in [0.717, 1.165) is 6.26 Å². The highest BCUT2D eigenvalue weighted by molar-refractivity contribution is 7.86. The number of hydrogen-bond acceptors (Lipinski definition) is 9. The van der Waals surface area contributed by atoms with Crippen molar-refractivity contribution < 1.29 is 41.1 Å². The van der Waals surface area contributed by atoms with Crippen LogP contribution in [-0.4, -0.2) is 64.9 Å². The van der Waals surface area contributed by atoms with Crippen LogP contribution in [0.2, 0.25) is 0 Å². The predicted octanol–water partition coefficient (Wildman–Crippen LogP) is -1.34. The molecule has 0 aromatic rings. The zero-order chi connectivity index (χ0) is 16.7. The summed E-state index contributed by atoms with van der Waals surface area (Å²) < 4.78 is 49.6. The van der Waals surface area contributed by atoms with Crippen LogP contribution >= 0.6 is 0 Å². The highest BCUT2D eigenvalue weighted by atomic mass is 32.2. The third-order valence-corrected chi connectivity index (χ3v) is 6.00. The maximum atomic E-state index is 12.3. The van der Waals surface area contributed by atoms with Gasteiger partial charge in [-0.2, -0.15) is 8.42 Å². The lowest BCUT2D eigenvalue weighted by atomic mass is 9.91. The first-order chi connectivity index (χ1) is 10.7. The molecule has 9 nitrogen and oxygen atoms in total. The van der Waals surface area contributed by atoms with Gasteiger partial charge in [-0.05, 0) is 0 Å². The van der Waals surface area contributed by atoms with Crippen molar-refractivity contribution in [1.29, 1.82) is 0 Å². The zero-order valence-electron chi connectivity index (χ0n) is 12.6. The quantitative estimate of drug-likeness (QED) is 0.346. The van der Waals surface area contributed by atoms with Crippen molar-refractivity contribution in [3.63, 3.8) is 0 Å². The Morgan fingerprint density at radius 1 is 0.957 bits per heavy atom. The molecule has 0 aromatic carbocycles. The largest absolute Gasteiger partial charge is 0.459 e. The molecule has 4 aliphatic rings. The molecular formula is C13H16O9S.